The highest BCUT2D eigenvalue weighted by molar-refractivity contribution is 5.72. The summed E-state index contributed by atoms with van der Waals surface area (Å²) in [5.74, 6) is 0. The van der Waals surface area contributed by atoms with Gasteiger partial charge in [-0.3, -0.25) is 4.98 Å². The molecular formula is C10H15N3. The van der Waals surface area contributed by atoms with Gasteiger partial charge in [0.15, 0.2) is 0 Å². The number of nitrogens with zero attached hydrogens (tertiary/aromatic N) is 2. The van der Waals surface area contributed by atoms with Crippen LogP contribution in [-0.4, -0.2) is 24.1 Å². The first-order valence-corrected chi connectivity index (χ1v) is 4.53. The predicted molar refractivity (Wildman–Crippen MR) is 55.2 cm³/mol. The third-order valence-corrected chi connectivity index (χ3v) is 2.78. The van der Waals surface area contributed by atoms with E-state index in [1.807, 2.05) is 18.5 Å². The van der Waals surface area contributed by atoms with Crippen molar-refractivity contribution in [2.45, 2.75) is 19.4 Å². The molecule has 0 saturated carbocycles. The molecule has 3 nitrogen and oxygen atoms in total. The van der Waals surface area contributed by atoms with E-state index >= 15 is 0 Å². The summed E-state index contributed by atoms with van der Waals surface area (Å²) in [6.07, 6.45) is 3.71. The number of aromatic nitrogens is 1. The lowest BCUT2D eigenvalue weighted by atomic mass is 9.99. The predicted octanol–water partition coefficient (Wildman–Crippen LogP) is 1.72. The Bertz CT molecular complexity index is 320. The Labute approximate surface area is 78.8 Å². The fourth-order valence-corrected chi connectivity index (χ4v) is 1.57. The first-order chi connectivity index (χ1) is 6.11. The molecule has 3 heteroatoms. The fraction of sp³-hybridized carbons (Fsp3) is 0.500. The van der Waals surface area contributed by atoms with Gasteiger partial charge in [-0.15, -0.1) is 0 Å². The van der Waals surface area contributed by atoms with Gasteiger partial charge in [-0.25, -0.2) is 0 Å². The van der Waals surface area contributed by atoms with Gasteiger partial charge in [0.05, 0.1) is 23.1 Å². The molecule has 0 spiro atoms. The molecule has 1 aromatic heterocycles. The molecule has 1 N–H and O–H groups in total. The molecule has 0 amide bonds. The minimum absolute atomic E-state index is 0.175. The summed E-state index contributed by atoms with van der Waals surface area (Å²) in [7, 11) is 2.12. The van der Waals surface area contributed by atoms with Crippen LogP contribution in [0, 0.1) is 0 Å². The van der Waals surface area contributed by atoms with Crippen LogP contribution in [0.25, 0.3) is 0 Å². The molecule has 0 fully saturated rings. The van der Waals surface area contributed by atoms with E-state index in [0.717, 1.165) is 12.2 Å². The molecule has 0 bridgehead atoms. The number of fused-ring (bicyclic) bond motifs is 1. The molecular weight excluding hydrogens is 162 g/mol. The van der Waals surface area contributed by atoms with Gasteiger partial charge in [0, 0.05) is 19.8 Å². The molecule has 0 unspecified atom stereocenters. The van der Waals surface area contributed by atoms with E-state index in [0.29, 0.717) is 0 Å². The van der Waals surface area contributed by atoms with Crippen LogP contribution in [0.5, 0.6) is 0 Å². The summed E-state index contributed by atoms with van der Waals surface area (Å²) >= 11 is 0. The van der Waals surface area contributed by atoms with Crippen molar-refractivity contribution in [1.82, 2.24) is 4.98 Å². The lowest BCUT2D eigenvalue weighted by molar-refractivity contribution is 0.502. The van der Waals surface area contributed by atoms with Crippen molar-refractivity contribution in [3.05, 3.63) is 18.5 Å². The third-order valence-electron chi connectivity index (χ3n) is 2.78. The summed E-state index contributed by atoms with van der Waals surface area (Å²) in [5, 5.41) is 3.38. The van der Waals surface area contributed by atoms with Gasteiger partial charge in [-0.2, -0.15) is 0 Å². The molecule has 1 aliphatic heterocycles. The molecule has 0 radical (unpaired) electrons. The van der Waals surface area contributed by atoms with Crippen molar-refractivity contribution in [1.29, 1.82) is 0 Å². The first kappa shape index (κ1) is 8.35. The zero-order valence-electron chi connectivity index (χ0n) is 8.33. The topological polar surface area (TPSA) is 28.2 Å². The van der Waals surface area contributed by atoms with Crippen LogP contribution in [-0.2, 0) is 0 Å². The summed E-state index contributed by atoms with van der Waals surface area (Å²) in [6, 6.07) is 2.04. The van der Waals surface area contributed by atoms with Crippen molar-refractivity contribution in [3.63, 3.8) is 0 Å². The van der Waals surface area contributed by atoms with Gasteiger partial charge in [0.2, 0.25) is 0 Å². The average Bonchev–Trinajstić information content (AvgIpc) is 2.13. The summed E-state index contributed by atoms with van der Waals surface area (Å²) < 4.78 is 0. The second-order valence-corrected chi connectivity index (χ2v) is 4.12. The lowest BCUT2D eigenvalue weighted by Crippen LogP contribution is -2.50. The number of nitrogens with one attached hydrogen (secondary N) is 1. The summed E-state index contributed by atoms with van der Waals surface area (Å²) in [4.78, 5) is 6.38. The Kier molecular flexibility index (Phi) is 1.68. The molecule has 1 aromatic rings. The van der Waals surface area contributed by atoms with Crippen LogP contribution in [0.3, 0.4) is 0 Å². The zero-order chi connectivity index (χ0) is 9.47. The largest absolute Gasteiger partial charge is 0.380 e. The van der Waals surface area contributed by atoms with Gasteiger partial charge in [0.1, 0.15) is 0 Å². The standard InChI is InChI=1S/C10H15N3/c1-10(2)7-12-8-6-11-5-4-9(8)13(10)3/h4-6,12H,7H2,1-3H3. The summed E-state index contributed by atoms with van der Waals surface area (Å²) in [5.41, 5.74) is 2.53. The molecule has 0 aliphatic carbocycles. The normalized spacial score (nSPS) is 19.2. The summed E-state index contributed by atoms with van der Waals surface area (Å²) in [6.45, 7) is 5.41. The second kappa shape index (κ2) is 2.62. The monoisotopic (exact) mass is 177 g/mol. The molecule has 2 rings (SSSR count). The average molecular weight is 177 g/mol. The minimum Gasteiger partial charge on any atom is -0.380 e. The minimum atomic E-state index is 0.175. The number of anilines is 2. The van der Waals surface area contributed by atoms with Crippen LogP contribution < -0.4 is 10.2 Å². The van der Waals surface area contributed by atoms with Crippen LogP contribution in [0.15, 0.2) is 18.5 Å². The molecule has 2 heterocycles. The highest BCUT2D eigenvalue weighted by Gasteiger charge is 2.29. The molecule has 1 aliphatic rings. The Morgan fingerprint density at radius 1 is 1.54 bits per heavy atom. The molecule has 0 aromatic carbocycles. The molecule has 0 saturated heterocycles. The van der Waals surface area contributed by atoms with Crippen molar-refractivity contribution in [2.75, 3.05) is 23.8 Å². The Morgan fingerprint density at radius 2 is 2.31 bits per heavy atom. The van der Waals surface area contributed by atoms with Crippen molar-refractivity contribution in [2.24, 2.45) is 0 Å². The van der Waals surface area contributed by atoms with Crippen LogP contribution >= 0.6 is 0 Å². The van der Waals surface area contributed by atoms with E-state index in [9.17, 15) is 0 Å². The highest BCUT2D eigenvalue weighted by Crippen LogP contribution is 2.33. The lowest BCUT2D eigenvalue weighted by Gasteiger charge is -2.42. The van der Waals surface area contributed by atoms with E-state index in [-0.39, 0.29) is 5.54 Å². The van der Waals surface area contributed by atoms with E-state index in [1.165, 1.54) is 5.69 Å². The van der Waals surface area contributed by atoms with E-state index in [1.54, 1.807) is 0 Å². The number of rotatable bonds is 0. The van der Waals surface area contributed by atoms with Gasteiger partial charge in [-0.05, 0) is 19.9 Å². The Hall–Kier alpha value is -1.25. The number of pyridine rings is 1. The van der Waals surface area contributed by atoms with Crippen molar-refractivity contribution in [3.8, 4) is 0 Å². The van der Waals surface area contributed by atoms with Gasteiger partial charge in [-0.1, -0.05) is 0 Å². The fourth-order valence-electron chi connectivity index (χ4n) is 1.57. The Morgan fingerprint density at radius 3 is 3.08 bits per heavy atom. The van der Waals surface area contributed by atoms with E-state index < -0.39 is 0 Å². The van der Waals surface area contributed by atoms with Crippen molar-refractivity contribution < 1.29 is 0 Å². The first-order valence-electron chi connectivity index (χ1n) is 4.53. The maximum atomic E-state index is 4.09. The quantitative estimate of drug-likeness (QED) is 0.654. The number of hydrogen-bond acceptors (Lipinski definition) is 3. The van der Waals surface area contributed by atoms with E-state index in [4.69, 9.17) is 0 Å². The molecule has 70 valence electrons. The second-order valence-electron chi connectivity index (χ2n) is 4.12. The maximum Gasteiger partial charge on any atom is 0.0765 e. The molecule has 0 atom stereocenters. The SMILES string of the molecule is CN1c2ccncc2NCC1(C)C. The number of likely N-dealkylation sites (N-methyl/N-ethyl adjacent to an activating group) is 1. The van der Waals surface area contributed by atoms with Gasteiger partial charge < -0.3 is 10.2 Å². The van der Waals surface area contributed by atoms with Crippen LogP contribution in [0.2, 0.25) is 0 Å². The third kappa shape index (κ3) is 1.24. The van der Waals surface area contributed by atoms with Crippen molar-refractivity contribution >= 4 is 11.4 Å². The van der Waals surface area contributed by atoms with Crippen LogP contribution in [0.4, 0.5) is 11.4 Å². The van der Waals surface area contributed by atoms with Crippen LogP contribution in [0.1, 0.15) is 13.8 Å². The Balaban J connectivity index is 2.45. The smallest absolute Gasteiger partial charge is 0.0765 e. The van der Waals surface area contributed by atoms with Gasteiger partial charge >= 0.3 is 0 Å². The maximum absolute atomic E-state index is 4.09. The molecule has 13 heavy (non-hydrogen) atoms. The highest BCUT2D eigenvalue weighted by atomic mass is 15.2. The zero-order valence-corrected chi connectivity index (χ0v) is 8.33. The van der Waals surface area contributed by atoms with Gasteiger partial charge in [0.25, 0.3) is 0 Å². The van der Waals surface area contributed by atoms with E-state index in [2.05, 4.69) is 36.1 Å². The number of hydrogen-bond donors (Lipinski definition) is 1.